The van der Waals surface area contributed by atoms with Gasteiger partial charge in [-0.05, 0) is 36.4 Å². The van der Waals surface area contributed by atoms with Gasteiger partial charge in [0.2, 0.25) is 0 Å². The first-order valence-electron chi connectivity index (χ1n) is 5.70. The molecule has 0 radical (unpaired) electrons. The van der Waals surface area contributed by atoms with Gasteiger partial charge in [-0.1, -0.05) is 23.4 Å². The van der Waals surface area contributed by atoms with E-state index in [-0.39, 0.29) is 12.4 Å². The molecular formula is C14H14N2O3. The van der Waals surface area contributed by atoms with Crippen molar-refractivity contribution in [2.75, 3.05) is 6.61 Å². The molecule has 19 heavy (non-hydrogen) atoms. The minimum absolute atomic E-state index is 0.0182. The van der Waals surface area contributed by atoms with Crippen LogP contribution < -0.4 is 15.2 Å². The smallest absolute Gasteiger partial charge is 0.177 e. The lowest BCUT2D eigenvalue weighted by molar-refractivity contribution is 0.306. The Morgan fingerprint density at radius 2 is 1.53 bits per heavy atom. The second kappa shape index (κ2) is 6.30. The van der Waals surface area contributed by atoms with Gasteiger partial charge in [0.1, 0.15) is 23.9 Å². The van der Waals surface area contributed by atoms with Crippen molar-refractivity contribution in [2.24, 2.45) is 10.9 Å². The van der Waals surface area contributed by atoms with Crippen LogP contribution in [0.15, 0.2) is 59.8 Å². The van der Waals surface area contributed by atoms with E-state index in [1.54, 1.807) is 24.3 Å². The van der Waals surface area contributed by atoms with Gasteiger partial charge in [0.15, 0.2) is 5.84 Å². The van der Waals surface area contributed by atoms with E-state index in [9.17, 15) is 0 Å². The molecule has 2 rings (SSSR count). The van der Waals surface area contributed by atoms with Crippen molar-refractivity contribution in [1.82, 2.24) is 0 Å². The SMILES string of the molecule is N/C(COc1ccc(Oc2ccccc2)cc1)=N\O. The summed E-state index contributed by atoms with van der Waals surface area (Å²) in [4.78, 5) is 0. The van der Waals surface area contributed by atoms with Gasteiger partial charge in [-0.3, -0.25) is 0 Å². The van der Waals surface area contributed by atoms with E-state index in [2.05, 4.69) is 5.16 Å². The fourth-order valence-electron chi connectivity index (χ4n) is 1.41. The van der Waals surface area contributed by atoms with Gasteiger partial charge in [-0.25, -0.2) is 0 Å². The summed E-state index contributed by atoms with van der Waals surface area (Å²) in [6, 6.07) is 16.6. The number of nitrogens with zero attached hydrogens (tertiary/aromatic N) is 1. The fraction of sp³-hybridized carbons (Fsp3) is 0.0714. The van der Waals surface area contributed by atoms with Crippen LogP contribution in [0.2, 0.25) is 0 Å². The molecule has 0 saturated carbocycles. The average Bonchev–Trinajstić information content (AvgIpc) is 2.47. The van der Waals surface area contributed by atoms with Crippen LogP contribution in [0.1, 0.15) is 0 Å². The molecule has 0 spiro atoms. The highest BCUT2D eigenvalue weighted by Gasteiger charge is 1.99. The van der Waals surface area contributed by atoms with Gasteiger partial charge in [-0.15, -0.1) is 0 Å². The van der Waals surface area contributed by atoms with Crippen LogP contribution in [0, 0.1) is 0 Å². The van der Waals surface area contributed by atoms with Crippen molar-refractivity contribution < 1.29 is 14.7 Å². The maximum absolute atomic E-state index is 8.38. The lowest BCUT2D eigenvalue weighted by atomic mass is 10.3. The van der Waals surface area contributed by atoms with E-state index in [1.165, 1.54) is 0 Å². The zero-order chi connectivity index (χ0) is 13.5. The quantitative estimate of drug-likeness (QED) is 0.374. The molecular weight excluding hydrogens is 244 g/mol. The molecule has 0 bridgehead atoms. The average molecular weight is 258 g/mol. The number of hydrogen-bond donors (Lipinski definition) is 2. The molecule has 3 N–H and O–H groups in total. The van der Waals surface area contributed by atoms with Gasteiger partial charge in [0, 0.05) is 0 Å². The van der Waals surface area contributed by atoms with Crippen molar-refractivity contribution >= 4 is 5.84 Å². The van der Waals surface area contributed by atoms with Crippen LogP contribution >= 0.6 is 0 Å². The zero-order valence-corrected chi connectivity index (χ0v) is 10.2. The van der Waals surface area contributed by atoms with Gasteiger partial charge in [0.05, 0.1) is 0 Å². The molecule has 5 nitrogen and oxygen atoms in total. The summed E-state index contributed by atoms with van der Waals surface area (Å²) >= 11 is 0. The van der Waals surface area contributed by atoms with Crippen LogP contribution in [0.4, 0.5) is 0 Å². The van der Waals surface area contributed by atoms with E-state index >= 15 is 0 Å². The van der Waals surface area contributed by atoms with E-state index in [0.717, 1.165) is 5.75 Å². The number of oxime groups is 1. The Balaban J connectivity index is 1.95. The third-order valence-corrected chi connectivity index (χ3v) is 2.32. The number of amidine groups is 1. The van der Waals surface area contributed by atoms with Crippen LogP contribution in [0.5, 0.6) is 17.2 Å². The number of nitrogens with two attached hydrogens (primary N) is 1. The molecule has 2 aromatic rings. The summed E-state index contributed by atoms with van der Waals surface area (Å²) in [5, 5.41) is 11.2. The van der Waals surface area contributed by atoms with Crippen molar-refractivity contribution in [1.29, 1.82) is 0 Å². The summed E-state index contributed by atoms with van der Waals surface area (Å²) in [7, 11) is 0. The van der Waals surface area contributed by atoms with Crippen LogP contribution in [-0.2, 0) is 0 Å². The predicted molar refractivity (Wildman–Crippen MR) is 71.9 cm³/mol. The predicted octanol–water partition coefficient (Wildman–Crippen LogP) is 2.60. The molecule has 0 unspecified atom stereocenters. The summed E-state index contributed by atoms with van der Waals surface area (Å²) in [6.45, 7) is 0.0371. The lowest BCUT2D eigenvalue weighted by Crippen LogP contribution is -2.20. The van der Waals surface area contributed by atoms with Gasteiger partial charge in [-0.2, -0.15) is 0 Å². The standard InChI is InChI=1S/C14H14N2O3/c15-14(16-17)10-18-11-6-8-13(9-7-11)19-12-4-2-1-3-5-12/h1-9,17H,10H2,(H2,15,16). The monoisotopic (exact) mass is 258 g/mol. The molecule has 0 fully saturated rings. The highest BCUT2D eigenvalue weighted by atomic mass is 16.5. The first-order chi connectivity index (χ1) is 9.28. The normalized spacial score (nSPS) is 11.1. The van der Waals surface area contributed by atoms with Gasteiger partial charge >= 0.3 is 0 Å². The second-order valence-electron chi connectivity index (χ2n) is 3.77. The van der Waals surface area contributed by atoms with Crippen LogP contribution in [0.3, 0.4) is 0 Å². The first kappa shape index (κ1) is 12.8. The third-order valence-electron chi connectivity index (χ3n) is 2.32. The van der Waals surface area contributed by atoms with Crippen LogP contribution in [-0.4, -0.2) is 17.6 Å². The Morgan fingerprint density at radius 3 is 2.16 bits per heavy atom. The molecule has 0 aliphatic rings. The molecule has 5 heteroatoms. The highest BCUT2D eigenvalue weighted by Crippen LogP contribution is 2.23. The Morgan fingerprint density at radius 1 is 0.947 bits per heavy atom. The topological polar surface area (TPSA) is 77.1 Å². The summed E-state index contributed by atoms with van der Waals surface area (Å²) in [5.41, 5.74) is 5.30. The van der Waals surface area contributed by atoms with E-state index in [0.29, 0.717) is 11.5 Å². The molecule has 0 saturated heterocycles. The molecule has 0 amide bonds. The highest BCUT2D eigenvalue weighted by molar-refractivity contribution is 5.81. The number of rotatable bonds is 5. The lowest BCUT2D eigenvalue weighted by Gasteiger charge is -2.07. The fourth-order valence-corrected chi connectivity index (χ4v) is 1.41. The summed E-state index contributed by atoms with van der Waals surface area (Å²) < 4.78 is 10.9. The molecule has 2 aromatic carbocycles. The zero-order valence-electron chi connectivity index (χ0n) is 10.2. The Hall–Kier alpha value is -2.69. The van der Waals surface area contributed by atoms with Gasteiger partial charge < -0.3 is 20.4 Å². The van der Waals surface area contributed by atoms with E-state index < -0.39 is 0 Å². The number of para-hydroxylation sites is 1. The van der Waals surface area contributed by atoms with Crippen molar-refractivity contribution in [2.45, 2.75) is 0 Å². The maximum atomic E-state index is 8.38. The number of hydrogen-bond acceptors (Lipinski definition) is 4. The first-order valence-corrected chi connectivity index (χ1v) is 5.70. The van der Waals surface area contributed by atoms with Crippen molar-refractivity contribution in [3.05, 3.63) is 54.6 Å². The minimum Gasteiger partial charge on any atom is -0.486 e. The molecule has 0 aliphatic carbocycles. The third kappa shape index (κ3) is 3.92. The van der Waals surface area contributed by atoms with Crippen molar-refractivity contribution in [3.63, 3.8) is 0 Å². The van der Waals surface area contributed by atoms with Crippen molar-refractivity contribution in [3.8, 4) is 17.2 Å². The molecule has 0 aliphatic heterocycles. The summed E-state index contributed by atoms with van der Waals surface area (Å²) in [5.74, 6) is 2.12. The molecule has 98 valence electrons. The number of benzene rings is 2. The minimum atomic E-state index is 0.0182. The molecule has 0 heterocycles. The summed E-state index contributed by atoms with van der Waals surface area (Å²) in [6.07, 6.45) is 0. The largest absolute Gasteiger partial charge is 0.486 e. The molecule has 0 atom stereocenters. The van der Waals surface area contributed by atoms with Gasteiger partial charge in [0.25, 0.3) is 0 Å². The maximum Gasteiger partial charge on any atom is 0.177 e. The van der Waals surface area contributed by atoms with E-state index in [4.69, 9.17) is 20.4 Å². The number of ether oxygens (including phenoxy) is 2. The Labute approximate surface area is 110 Å². The Kier molecular flexibility index (Phi) is 4.23. The van der Waals surface area contributed by atoms with E-state index in [1.807, 2.05) is 30.3 Å². The van der Waals surface area contributed by atoms with Crippen LogP contribution in [0.25, 0.3) is 0 Å². The second-order valence-corrected chi connectivity index (χ2v) is 3.77. The molecule has 0 aromatic heterocycles. The Bertz CT molecular complexity index is 538.